The molecule has 0 unspecified atom stereocenters. The summed E-state index contributed by atoms with van der Waals surface area (Å²) in [4.78, 5) is 7.50. The molecule has 0 amide bonds. The van der Waals surface area contributed by atoms with Crippen molar-refractivity contribution in [3.05, 3.63) is 59.9 Å². The van der Waals surface area contributed by atoms with E-state index in [1.165, 1.54) is 49.9 Å². The second-order valence-electron chi connectivity index (χ2n) is 7.52. The number of hydrogen-bond donors (Lipinski definition) is 0. The highest BCUT2D eigenvalue weighted by atomic mass is 16.5. The van der Waals surface area contributed by atoms with Crippen molar-refractivity contribution in [3.63, 3.8) is 0 Å². The second kappa shape index (κ2) is 8.57. The molecule has 2 heterocycles. The van der Waals surface area contributed by atoms with Gasteiger partial charge in [-0.15, -0.1) is 0 Å². The normalized spacial score (nSPS) is 15.7. The lowest BCUT2D eigenvalue weighted by Crippen LogP contribution is -2.26. The molecule has 3 aromatic rings. The van der Waals surface area contributed by atoms with Crippen LogP contribution in [0.2, 0.25) is 0 Å². The highest BCUT2D eigenvalue weighted by Gasteiger charge is 2.15. The maximum atomic E-state index is 6.01. The SMILES string of the molecule is Cc1cccc(OCCn2c(CN3CCCCCC3)nc3ccccc32)c1. The van der Waals surface area contributed by atoms with E-state index in [-0.39, 0.29) is 0 Å². The third kappa shape index (κ3) is 4.51. The van der Waals surface area contributed by atoms with Crippen LogP contribution in [-0.4, -0.2) is 34.1 Å². The number of aryl methyl sites for hydroxylation is 1. The van der Waals surface area contributed by atoms with Crippen LogP contribution in [0.1, 0.15) is 37.1 Å². The molecule has 142 valence electrons. The van der Waals surface area contributed by atoms with Crippen LogP contribution in [-0.2, 0) is 13.1 Å². The molecule has 1 fully saturated rings. The van der Waals surface area contributed by atoms with Crippen LogP contribution in [0.5, 0.6) is 5.75 Å². The Balaban J connectivity index is 1.50. The predicted octanol–water partition coefficient (Wildman–Crippen LogP) is 4.80. The molecule has 27 heavy (non-hydrogen) atoms. The summed E-state index contributed by atoms with van der Waals surface area (Å²) >= 11 is 0. The smallest absolute Gasteiger partial charge is 0.124 e. The molecule has 1 saturated heterocycles. The molecule has 1 aliphatic rings. The monoisotopic (exact) mass is 363 g/mol. The molecular weight excluding hydrogens is 334 g/mol. The van der Waals surface area contributed by atoms with Gasteiger partial charge in [-0.2, -0.15) is 0 Å². The van der Waals surface area contributed by atoms with Crippen LogP contribution in [0.15, 0.2) is 48.5 Å². The highest BCUT2D eigenvalue weighted by molar-refractivity contribution is 5.75. The lowest BCUT2D eigenvalue weighted by atomic mass is 10.2. The van der Waals surface area contributed by atoms with E-state index >= 15 is 0 Å². The molecule has 0 bridgehead atoms. The summed E-state index contributed by atoms with van der Waals surface area (Å²) in [5.74, 6) is 2.10. The second-order valence-corrected chi connectivity index (χ2v) is 7.52. The number of benzene rings is 2. The van der Waals surface area contributed by atoms with E-state index in [4.69, 9.17) is 9.72 Å². The van der Waals surface area contributed by atoms with Gasteiger partial charge in [-0.3, -0.25) is 4.90 Å². The van der Waals surface area contributed by atoms with Gasteiger partial charge in [0.1, 0.15) is 18.2 Å². The minimum absolute atomic E-state index is 0.650. The molecular formula is C23H29N3O. The first-order valence-corrected chi connectivity index (χ1v) is 10.2. The summed E-state index contributed by atoms with van der Waals surface area (Å²) in [5, 5.41) is 0. The third-order valence-electron chi connectivity index (χ3n) is 5.37. The lowest BCUT2D eigenvalue weighted by molar-refractivity contribution is 0.258. The minimum Gasteiger partial charge on any atom is -0.492 e. The Morgan fingerprint density at radius 1 is 0.963 bits per heavy atom. The number of ether oxygens (including phenoxy) is 1. The van der Waals surface area contributed by atoms with Gasteiger partial charge in [-0.1, -0.05) is 37.1 Å². The zero-order valence-corrected chi connectivity index (χ0v) is 16.2. The number of fused-ring (bicyclic) bond motifs is 1. The maximum Gasteiger partial charge on any atom is 0.124 e. The topological polar surface area (TPSA) is 30.3 Å². The molecule has 4 rings (SSSR count). The summed E-state index contributed by atoms with van der Waals surface area (Å²) in [6.45, 7) is 6.86. The predicted molar refractivity (Wildman–Crippen MR) is 110 cm³/mol. The van der Waals surface area contributed by atoms with Gasteiger partial charge < -0.3 is 9.30 Å². The fourth-order valence-electron chi connectivity index (χ4n) is 3.95. The maximum absolute atomic E-state index is 6.01. The fraction of sp³-hybridized carbons (Fsp3) is 0.435. The highest BCUT2D eigenvalue weighted by Crippen LogP contribution is 2.20. The summed E-state index contributed by atoms with van der Waals surface area (Å²) in [5.41, 5.74) is 3.51. The van der Waals surface area contributed by atoms with E-state index in [0.717, 1.165) is 30.2 Å². The summed E-state index contributed by atoms with van der Waals surface area (Å²) < 4.78 is 8.36. The van der Waals surface area contributed by atoms with Crippen molar-refractivity contribution in [3.8, 4) is 5.75 Å². The average molecular weight is 364 g/mol. The Labute approximate surface area is 161 Å². The first kappa shape index (κ1) is 18.1. The number of nitrogens with zero attached hydrogens (tertiary/aromatic N) is 3. The van der Waals surface area contributed by atoms with Crippen LogP contribution in [0, 0.1) is 6.92 Å². The molecule has 4 heteroatoms. The van der Waals surface area contributed by atoms with Gasteiger partial charge in [0.2, 0.25) is 0 Å². The van der Waals surface area contributed by atoms with Crippen molar-refractivity contribution in [2.45, 2.75) is 45.7 Å². The Morgan fingerprint density at radius 3 is 2.59 bits per heavy atom. The minimum atomic E-state index is 0.650. The summed E-state index contributed by atoms with van der Waals surface area (Å²) in [6.07, 6.45) is 5.32. The van der Waals surface area contributed by atoms with Gasteiger partial charge in [0.15, 0.2) is 0 Å². The molecule has 0 radical (unpaired) electrons. The number of hydrogen-bond acceptors (Lipinski definition) is 3. The number of imidazole rings is 1. The number of likely N-dealkylation sites (tertiary alicyclic amines) is 1. The first-order chi connectivity index (χ1) is 13.3. The fourth-order valence-corrected chi connectivity index (χ4v) is 3.95. The number of aromatic nitrogens is 2. The Morgan fingerprint density at radius 2 is 1.78 bits per heavy atom. The Bertz CT molecular complexity index is 878. The number of para-hydroxylation sites is 2. The van der Waals surface area contributed by atoms with Crippen LogP contribution in [0.3, 0.4) is 0 Å². The summed E-state index contributed by atoms with van der Waals surface area (Å²) in [6, 6.07) is 16.7. The molecule has 0 N–H and O–H groups in total. The number of rotatable bonds is 6. The third-order valence-corrected chi connectivity index (χ3v) is 5.37. The Kier molecular flexibility index (Phi) is 5.73. The zero-order chi connectivity index (χ0) is 18.5. The van der Waals surface area contributed by atoms with Crippen LogP contribution < -0.4 is 4.74 Å². The van der Waals surface area contributed by atoms with Gasteiger partial charge in [-0.25, -0.2) is 4.98 Å². The van der Waals surface area contributed by atoms with E-state index in [0.29, 0.717) is 6.61 Å². The van der Waals surface area contributed by atoms with Crippen molar-refractivity contribution < 1.29 is 4.74 Å². The first-order valence-electron chi connectivity index (χ1n) is 10.2. The van der Waals surface area contributed by atoms with Crippen LogP contribution >= 0.6 is 0 Å². The van der Waals surface area contributed by atoms with Gasteiger partial charge in [0.25, 0.3) is 0 Å². The van der Waals surface area contributed by atoms with E-state index in [1.54, 1.807) is 0 Å². The van der Waals surface area contributed by atoms with Gasteiger partial charge in [0.05, 0.1) is 24.1 Å². The molecule has 0 spiro atoms. The summed E-state index contributed by atoms with van der Waals surface area (Å²) in [7, 11) is 0. The molecule has 2 aromatic carbocycles. The van der Waals surface area contributed by atoms with Crippen molar-refractivity contribution in [2.24, 2.45) is 0 Å². The van der Waals surface area contributed by atoms with Crippen molar-refractivity contribution in [1.29, 1.82) is 0 Å². The van der Waals surface area contributed by atoms with Crippen molar-refractivity contribution >= 4 is 11.0 Å². The molecule has 0 atom stereocenters. The van der Waals surface area contributed by atoms with Gasteiger partial charge in [-0.05, 0) is 62.7 Å². The lowest BCUT2D eigenvalue weighted by Gasteiger charge is -2.20. The quantitative estimate of drug-likeness (QED) is 0.630. The molecule has 4 nitrogen and oxygen atoms in total. The molecule has 0 aliphatic carbocycles. The molecule has 0 saturated carbocycles. The van der Waals surface area contributed by atoms with Crippen LogP contribution in [0.25, 0.3) is 11.0 Å². The molecule has 1 aliphatic heterocycles. The standard InChI is InChI=1S/C23H29N3O/c1-19-9-8-10-20(17-19)27-16-15-26-22-12-5-4-11-21(22)24-23(26)18-25-13-6-2-3-7-14-25/h4-5,8-12,17H,2-3,6-7,13-16,18H2,1H3. The van der Waals surface area contributed by atoms with Crippen molar-refractivity contribution in [1.82, 2.24) is 14.5 Å². The largest absolute Gasteiger partial charge is 0.492 e. The van der Waals surface area contributed by atoms with E-state index in [9.17, 15) is 0 Å². The van der Waals surface area contributed by atoms with Gasteiger partial charge in [0, 0.05) is 0 Å². The van der Waals surface area contributed by atoms with E-state index < -0.39 is 0 Å². The van der Waals surface area contributed by atoms with Gasteiger partial charge >= 0.3 is 0 Å². The van der Waals surface area contributed by atoms with Crippen LogP contribution in [0.4, 0.5) is 0 Å². The van der Waals surface area contributed by atoms with E-state index in [2.05, 4.69) is 52.8 Å². The average Bonchev–Trinajstić information content (AvgIpc) is 2.83. The van der Waals surface area contributed by atoms with E-state index in [1.807, 2.05) is 12.1 Å². The Hall–Kier alpha value is -2.33. The zero-order valence-electron chi connectivity index (χ0n) is 16.2. The molecule has 1 aromatic heterocycles. The van der Waals surface area contributed by atoms with Crippen molar-refractivity contribution in [2.75, 3.05) is 19.7 Å².